The Bertz CT molecular complexity index is 390. The van der Waals surface area contributed by atoms with E-state index >= 15 is 0 Å². The van der Waals surface area contributed by atoms with E-state index in [1.165, 1.54) is 7.11 Å². The number of carbonyl (C=O) groups is 1. The average molecular weight is 266 g/mol. The van der Waals surface area contributed by atoms with Gasteiger partial charge in [-0.25, -0.2) is 0 Å². The second-order valence-corrected chi connectivity index (χ2v) is 4.63. The normalized spacial score (nSPS) is 12.3. The van der Waals surface area contributed by atoms with Gasteiger partial charge in [0.15, 0.2) is 0 Å². The molecule has 1 aromatic rings. The van der Waals surface area contributed by atoms with E-state index < -0.39 is 12.0 Å². The van der Waals surface area contributed by atoms with E-state index in [-0.39, 0.29) is 0 Å². The minimum atomic E-state index is -0.620. The van der Waals surface area contributed by atoms with Crippen LogP contribution in [-0.2, 0) is 16.0 Å². The topological polar surface area (TPSA) is 64.8 Å². The molecule has 0 aromatic heterocycles. The first-order valence-corrected chi connectivity index (χ1v) is 6.23. The van der Waals surface area contributed by atoms with Gasteiger partial charge in [-0.3, -0.25) is 4.79 Å². The van der Waals surface area contributed by atoms with Crippen LogP contribution >= 0.6 is 0 Å². The molecule has 0 radical (unpaired) electrons. The monoisotopic (exact) mass is 266 g/mol. The molecule has 0 fully saturated rings. The highest BCUT2D eigenvalue weighted by Crippen LogP contribution is 2.13. The van der Waals surface area contributed by atoms with Crippen LogP contribution in [-0.4, -0.2) is 51.3 Å². The minimum Gasteiger partial charge on any atom is -0.492 e. The van der Waals surface area contributed by atoms with Crippen LogP contribution < -0.4 is 10.5 Å². The number of hydrogen-bond acceptors (Lipinski definition) is 5. The summed E-state index contributed by atoms with van der Waals surface area (Å²) in [4.78, 5) is 13.3. The van der Waals surface area contributed by atoms with Crippen LogP contribution in [0.3, 0.4) is 0 Å². The highest BCUT2D eigenvalue weighted by Gasteiger charge is 2.13. The summed E-state index contributed by atoms with van der Waals surface area (Å²) in [5.74, 6) is 0.420. The van der Waals surface area contributed by atoms with Gasteiger partial charge in [0.05, 0.1) is 7.11 Å². The van der Waals surface area contributed by atoms with Crippen molar-refractivity contribution in [3.8, 4) is 5.75 Å². The number of nitrogens with zero attached hydrogens (tertiary/aromatic N) is 1. The lowest BCUT2D eigenvalue weighted by Gasteiger charge is -2.12. The summed E-state index contributed by atoms with van der Waals surface area (Å²) in [5.41, 5.74) is 6.68. The molecule has 0 aliphatic rings. The second kappa shape index (κ2) is 7.76. The number of likely N-dealkylation sites (N-methyl/N-ethyl adjacent to an activating group) is 1. The van der Waals surface area contributed by atoms with E-state index in [0.29, 0.717) is 13.0 Å². The zero-order valence-corrected chi connectivity index (χ0v) is 11.8. The summed E-state index contributed by atoms with van der Waals surface area (Å²) in [5, 5.41) is 0. The largest absolute Gasteiger partial charge is 0.492 e. The van der Waals surface area contributed by atoms with E-state index in [1.807, 2.05) is 38.4 Å². The Morgan fingerprint density at radius 2 is 1.95 bits per heavy atom. The van der Waals surface area contributed by atoms with Gasteiger partial charge in [-0.1, -0.05) is 12.1 Å². The standard InChI is InChI=1S/C14H22N2O3/c1-16(2)8-9-19-12-6-4-11(5-7-12)10-13(15)14(17)18-3/h4-7,13H,8-10,15H2,1-3H3. The zero-order valence-electron chi connectivity index (χ0n) is 11.8. The third kappa shape index (κ3) is 5.72. The molecule has 2 N–H and O–H groups in total. The lowest BCUT2D eigenvalue weighted by atomic mass is 10.1. The Labute approximate surface area is 114 Å². The maximum Gasteiger partial charge on any atom is 0.322 e. The Hall–Kier alpha value is -1.59. The Kier molecular flexibility index (Phi) is 6.32. The van der Waals surface area contributed by atoms with Gasteiger partial charge in [0, 0.05) is 6.54 Å². The predicted octanol–water partition coefficient (Wildman–Crippen LogP) is 0.670. The fourth-order valence-electron chi connectivity index (χ4n) is 1.56. The average Bonchev–Trinajstić information content (AvgIpc) is 2.39. The molecule has 1 unspecified atom stereocenters. The van der Waals surface area contributed by atoms with Crippen molar-refractivity contribution >= 4 is 5.97 Å². The Morgan fingerprint density at radius 3 is 2.47 bits per heavy atom. The molecule has 0 amide bonds. The molecule has 0 aliphatic heterocycles. The van der Waals surface area contributed by atoms with Crippen molar-refractivity contribution in [1.29, 1.82) is 0 Å². The van der Waals surface area contributed by atoms with Crippen molar-refractivity contribution in [2.24, 2.45) is 5.73 Å². The number of hydrogen-bond donors (Lipinski definition) is 1. The summed E-state index contributed by atoms with van der Waals surface area (Å²) < 4.78 is 10.2. The highest BCUT2D eigenvalue weighted by molar-refractivity contribution is 5.75. The van der Waals surface area contributed by atoms with Gasteiger partial charge in [-0.15, -0.1) is 0 Å². The molecule has 0 spiro atoms. The highest BCUT2D eigenvalue weighted by atomic mass is 16.5. The van der Waals surface area contributed by atoms with Crippen molar-refractivity contribution < 1.29 is 14.3 Å². The SMILES string of the molecule is COC(=O)C(N)Cc1ccc(OCCN(C)C)cc1. The zero-order chi connectivity index (χ0) is 14.3. The van der Waals surface area contributed by atoms with Crippen molar-refractivity contribution in [2.75, 3.05) is 34.4 Å². The van der Waals surface area contributed by atoms with Crippen molar-refractivity contribution in [3.05, 3.63) is 29.8 Å². The number of nitrogens with two attached hydrogens (primary N) is 1. The van der Waals surface area contributed by atoms with Gasteiger partial charge in [0.1, 0.15) is 18.4 Å². The molecule has 0 aliphatic carbocycles. The van der Waals surface area contributed by atoms with Gasteiger partial charge in [0.25, 0.3) is 0 Å². The Balaban J connectivity index is 2.45. The summed E-state index contributed by atoms with van der Waals surface area (Å²) in [6, 6.07) is 6.97. The molecule has 0 saturated heterocycles. The van der Waals surface area contributed by atoms with Crippen molar-refractivity contribution in [1.82, 2.24) is 4.90 Å². The van der Waals surface area contributed by atoms with Crippen LogP contribution in [0.1, 0.15) is 5.56 Å². The van der Waals surface area contributed by atoms with Crippen molar-refractivity contribution in [2.45, 2.75) is 12.5 Å². The number of esters is 1. The van der Waals surface area contributed by atoms with Crippen molar-refractivity contribution in [3.63, 3.8) is 0 Å². The maximum atomic E-state index is 11.2. The van der Waals surface area contributed by atoms with Crippen LogP contribution in [0.4, 0.5) is 0 Å². The van der Waals surface area contributed by atoms with Crippen LogP contribution in [0.2, 0.25) is 0 Å². The first-order chi connectivity index (χ1) is 9.02. The van der Waals surface area contributed by atoms with E-state index in [1.54, 1.807) is 0 Å². The number of ether oxygens (including phenoxy) is 2. The predicted molar refractivity (Wildman–Crippen MR) is 74.2 cm³/mol. The van der Waals surface area contributed by atoms with Crippen LogP contribution in [0, 0.1) is 0 Å². The van der Waals surface area contributed by atoms with Gasteiger partial charge in [-0.05, 0) is 38.2 Å². The summed E-state index contributed by atoms with van der Waals surface area (Å²) >= 11 is 0. The summed E-state index contributed by atoms with van der Waals surface area (Å²) in [6.45, 7) is 1.52. The molecule has 1 aromatic carbocycles. The second-order valence-electron chi connectivity index (χ2n) is 4.63. The third-order valence-electron chi connectivity index (χ3n) is 2.69. The molecule has 0 bridgehead atoms. The summed E-state index contributed by atoms with van der Waals surface area (Å²) in [6.07, 6.45) is 0.463. The maximum absolute atomic E-state index is 11.2. The fourth-order valence-corrected chi connectivity index (χ4v) is 1.56. The molecule has 0 saturated carbocycles. The molecule has 5 heteroatoms. The lowest BCUT2D eigenvalue weighted by molar-refractivity contribution is -0.142. The molecule has 1 atom stereocenters. The van der Waals surface area contributed by atoms with Gasteiger partial charge in [-0.2, -0.15) is 0 Å². The molecule has 5 nitrogen and oxygen atoms in total. The first kappa shape index (κ1) is 15.5. The third-order valence-corrected chi connectivity index (χ3v) is 2.69. The molecule has 106 valence electrons. The van der Waals surface area contributed by atoms with Crippen LogP contribution in [0.25, 0.3) is 0 Å². The van der Waals surface area contributed by atoms with Crippen LogP contribution in [0.15, 0.2) is 24.3 Å². The lowest BCUT2D eigenvalue weighted by Crippen LogP contribution is -2.33. The van der Waals surface area contributed by atoms with E-state index in [9.17, 15) is 4.79 Å². The fraction of sp³-hybridized carbons (Fsp3) is 0.500. The first-order valence-electron chi connectivity index (χ1n) is 6.23. The van der Waals surface area contributed by atoms with E-state index in [0.717, 1.165) is 17.9 Å². The number of methoxy groups -OCH3 is 1. The van der Waals surface area contributed by atoms with E-state index in [4.69, 9.17) is 10.5 Å². The smallest absolute Gasteiger partial charge is 0.322 e. The van der Waals surface area contributed by atoms with E-state index in [2.05, 4.69) is 9.64 Å². The molecule has 1 rings (SSSR count). The summed E-state index contributed by atoms with van der Waals surface area (Å²) in [7, 11) is 5.34. The number of rotatable bonds is 7. The quantitative estimate of drug-likeness (QED) is 0.735. The van der Waals surface area contributed by atoms with Crippen LogP contribution in [0.5, 0.6) is 5.75 Å². The number of benzene rings is 1. The molecular formula is C14H22N2O3. The van der Waals surface area contributed by atoms with Gasteiger partial charge < -0.3 is 20.1 Å². The molecular weight excluding hydrogens is 244 g/mol. The minimum absolute atomic E-state index is 0.397. The molecule has 19 heavy (non-hydrogen) atoms. The number of carbonyl (C=O) groups excluding carboxylic acids is 1. The van der Waals surface area contributed by atoms with Gasteiger partial charge in [0.2, 0.25) is 0 Å². The Morgan fingerprint density at radius 1 is 1.32 bits per heavy atom. The van der Waals surface area contributed by atoms with Gasteiger partial charge >= 0.3 is 5.97 Å². The molecule has 0 heterocycles.